The molecule has 1 unspecified atom stereocenters. The van der Waals surface area contributed by atoms with Crippen LogP contribution in [0.1, 0.15) is 6.92 Å². The minimum absolute atomic E-state index is 0.0192. The van der Waals surface area contributed by atoms with Gasteiger partial charge < -0.3 is 10.6 Å². The summed E-state index contributed by atoms with van der Waals surface area (Å²) in [6, 6.07) is 7.76. The van der Waals surface area contributed by atoms with E-state index in [0.717, 1.165) is 9.26 Å². The lowest BCUT2D eigenvalue weighted by Gasteiger charge is -2.11. The van der Waals surface area contributed by atoms with Crippen LogP contribution in [-0.2, 0) is 4.79 Å². The van der Waals surface area contributed by atoms with Crippen molar-refractivity contribution < 1.29 is 4.79 Å². The molecule has 0 saturated carbocycles. The zero-order valence-electron chi connectivity index (χ0n) is 8.88. The van der Waals surface area contributed by atoms with Crippen molar-refractivity contribution in [1.29, 1.82) is 0 Å². The number of halogens is 1. The molecule has 0 bridgehead atoms. The Balaban J connectivity index is 2.54. The van der Waals surface area contributed by atoms with Crippen LogP contribution in [0, 0.1) is 9.49 Å². The summed E-state index contributed by atoms with van der Waals surface area (Å²) in [7, 11) is 1.84. The molecule has 0 aliphatic heterocycles. The van der Waals surface area contributed by atoms with E-state index in [1.165, 1.54) is 0 Å². The van der Waals surface area contributed by atoms with Crippen molar-refractivity contribution >= 4 is 34.2 Å². The predicted molar refractivity (Wildman–Crippen MR) is 70.9 cm³/mol. The fourth-order valence-corrected chi connectivity index (χ4v) is 1.56. The van der Waals surface area contributed by atoms with Crippen molar-refractivity contribution in [2.24, 2.45) is 5.92 Å². The second kappa shape index (κ2) is 6.07. The molecule has 15 heavy (non-hydrogen) atoms. The van der Waals surface area contributed by atoms with Crippen LogP contribution >= 0.6 is 22.6 Å². The Hall–Kier alpha value is -0.620. The molecule has 0 radical (unpaired) electrons. The molecule has 0 fully saturated rings. The molecule has 0 aliphatic carbocycles. The number of carbonyl (C=O) groups is 1. The summed E-state index contributed by atoms with van der Waals surface area (Å²) >= 11 is 2.23. The average Bonchev–Trinajstić information content (AvgIpc) is 2.22. The molecule has 0 spiro atoms. The maximum atomic E-state index is 11.6. The van der Waals surface area contributed by atoms with Gasteiger partial charge in [-0.15, -0.1) is 0 Å². The molecule has 1 amide bonds. The maximum absolute atomic E-state index is 11.6. The number of nitrogens with one attached hydrogen (secondary N) is 2. The largest absolute Gasteiger partial charge is 0.326 e. The van der Waals surface area contributed by atoms with Crippen LogP contribution in [0.25, 0.3) is 0 Å². The minimum Gasteiger partial charge on any atom is -0.326 e. The van der Waals surface area contributed by atoms with Crippen LogP contribution in [0.3, 0.4) is 0 Å². The Kier molecular flexibility index (Phi) is 5.04. The number of anilines is 1. The van der Waals surface area contributed by atoms with E-state index in [1.807, 2.05) is 38.2 Å². The maximum Gasteiger partial charge on any atom is 0.228 e. The Morgan fingerprint density at radius 2 is 2.00 bits per heavy atom. The first kappa shape index (κ1) is 12.4. The fraction of sp³-hybridized carbons (Fsp3) is 0.364. The van der Waals surface area contributed by atoms with Gasteiger partial charge in [0.1, 0.15) is 0 Å². The highest BCUT2D eigenvalue weighted by Gasteiger charge is 2.11. The van der Waals surface area contributed by atoms with E-state index in [2.05, 4.69) is 33.2 Å². The molecule has 4 heteroatoms. The van der Waals surface area contributed by atoms with Gasteiger partial charge >= 0.3 is 0 Å². The Morgan fingerprint density at radius 3 is 2.53 bits per heavy atom. The highest BCUT2D eigenvalue weighted by molar-refractivity contribution is 14.1. The van der Waals surface area contributed by atoms with E-state index in [9.17, 15) is 4.79 Å². The van der Waals surface area contributed by atoms with Crippen LogP contribution in [0.4, 0.5) is 5.69 Å². The molecule has 1 atom stereocenters. The molecule has 3 nitrogen and oxygen atoms in total. The van der Waals surface area contributed by atoms with Gasteiger partial charge in [-0.3, -0.25) is 4.79 Å². The molecule has 1 aromatic carbocycles. The first-order chi connectivity index (χ1) is 7.13. The van der Waals surface area contributed by atoms with Crippen molar-refractivity contribution in [1.82, 2.24) is 5.32 Å². The smallest absolute Gasteiger partial charge is 0.228 e. The van der Waals surface area contributed by atoms with E-state index in [4.69, 9.17) is 0 Å². The average molecular weight is 318 g/mol. The molecule has 0 heterocycles. The highest BCUT2D eigenvalue weighted by atomic mass is 127. The van der Waals surface area contributed by atoms with Crippen LogP contribution in [0.2, 0.25) is 0 Å². The molecule has 0 saturated heterocycles. The second-order valence-electron chi connectivity index (χ2n) is 3.45. The lowest BCUT2D eigenvalue weighted by molar-refractivity contribution is -0.119. The first-order valence-corrected chi connectivity index (χ1v) is 5.92. The molecule has 1 aromatic rings. The SMILES string of the molecule is CNCC(C)C(=O)Nc1ccc(I)cc1. The first-order valence-electron chi connectivity index (χ1n) is 4.84. The highest BCUT2D eigenvalue weighted by Crippen LogP contribution is 2.12. The van der Waals surface area contributed by atoms with Gasteiger partial charge in [0.2, 0.25) is 5.91 Å². The number of benzene rings is 1. The van der Waals surface area contributed by atoms with Crippen molar-refractivity contribution in [2.75, 3.05) is 18.9 Å². The lowest BCUT2D eigenvalue weighted by Crippen LogP contribution is -2.28. The van der Waals surface area contributed by atoms with E-state index < -0.39 is 0 Å². The summed E-state index contributed by atoms with van der Waals surface area (Å²) < 4.78 is 1.16. The van der Waals surface area contributed by atoms with Crippen LogP contribution < -0.4 is 10.6 Å². The van der Waals surface area contributed by atoms with E-state index in [0.29, 0.717) is 6.54 Å². The topological polar surface area (TPSA) is 41.1 Å². The summed E-state index contributed by atoms with van der Waals surface area (Å²) in [5.41, 5.74) is 0.850. The zero-order valence-corrected chi connectivity index (χ0v) is 11.0. The summed E-state index contributed by atoms with van der Waals surface area (Å²) in [5, 5.41) is 5.85. The van der Waals surface area contributed by atoms with E-state index >= 15 is 0 Å². The number of amides is 1. The number of rotatable bonds is 4. The van der Waals surface area contributed by atoms with Crippen molar-refractivity contribution in [3.05, 3.63) is 27.8 Å². The molecule has 0 aromatic heterocycles. The third kappa shape index (κ3) is 4.17. The number of hydrogen-bond donors (Lipinski definition) is 2. The molecular weight excluding hydrogens is 303 g/mol. The van der Waals surface area contributed by atoms with Gasteiger partial charge in [0.05, 0.1) is 0 Å². The van der Waals surface area contributed by atoms with Gasteiger partial charge in [0, 0.05) is 21.7 Å². The summed E-state index contributed by atoms with van der Waals surface area (Å²) in [5.74, 6) is 0.0276. The third-order valence-corrected chi connectivity index (χ3v) is 2.79. The monoisotopic (exact) mass is 318 g/mol. The van der Waals surface area contributed by atoms with E-state index in [1.54, 1.807) is 0 Å². The summed E-state index contributed by atoms with van der Waals surface area (Å²) in [4.78, 5) is 11.6. The molecule has 1 rings (SSSR count). The number of carbonyl (C=O) groups excluding carboxylic acids is 1. The zero-order chi connectivity index (χ0) is 11.3. The van der Waals surface area contributed by atoms with Gasteiger partial charge in [-0.2, -0.15) is 0 Å². The van der Waals surface area contributed by atoms with Gasteiger partial charge in [0.15, 0.2) is 0 Å². The predicted octanol–water partition coefficient (Wildman–Crippen LogP) is 2.09. The van der Waals surface area contributed by atoms with Crippen molar-refractivity contribution in [2.45, 2.75) is 6.92 Å². The minimum atomic E-state index is -0.0192. The normalized spacial score (nSPS) is 12.2. The van der Waals surface area contributed by atoms with Crippen LogP contribution in [0.15, 0.2) is 24.3 Å². The quantitative estimate of drug-likeness (QED) is 0.835. The van der Waals surface area contributed by atoms with Crippen LogP contribution in [-0.4, -0.2) is 19.5 Å². The number of hydrogen-bond acceptors (Lipinski definition) is 2. The van der Waals surface area contributed by atoms with Crippen molar-refractivity contribution in [3.63, 3.8) is 0 Å². The molecular formula is C11H15IN2O. The van der Waals surface area contributed by atoms with Gasteiger partial charge in [-0.1, -0.05) is 6.92 Å². The van der Waals surface area contributed by atoms with E-state index in [-0.39, 0.29) is 11.8 Å². The van der Waals surface area contributed by atoms with Gasteiger partial charge in [-0.05, 0) is 53.9 Å². The van der Waals surface area contributed by atoms with Gasteiger partial charge in [0.25, 0.3) is 0 Å². The second-order valence-corrected chi connectivity index (χ2v) is 4.70. The molecule has 2 N–H and O–H groups in total. The van der Waals surface area contributed by atoms with Gasteiger partial charge in [-0.25, -0.2) is 0 Å². The Bertz CT molecular complexity index is 324. The van der Waals surface area contributed by atoms with Crippen LogP contribution in [0.5, 0.6) is 0 Å². The Labute approximate surface area is 104 Å². The lowest BCUT2D eigenvalue weighted by atomic mass is 10.1. The third-order valence-electron chi connectivity index (χ3n) is 2.07. The Morgan fingerprint density at radius 1 is 1.40 bits per heavy atom. The molecule has 0 aliphatic rings. The van der Waals surface area contributed by atoms with Crippen molar-refractivity contribution in [3.8, 4) is 0 Å². The fourth-order valence-electron chi connectivity index (χ4n) is 1.20. The summed E-state index contributed by atoms with van der Waals surface area (Å²) in [6.07, 6.45) is 0. The standard InChI is InChI=1S/C11H15IN2O/c1-8(7-13-2)11(15)14-10-5-3-9(12)4-6-10/h3-6,8,13H,7H2,1-2H3,(H,14,15). The molecule has 82 valence electrons. The summed E-state index contributed by atoms with van der Waals surface area (Å²) in [6.45, 7) is 2.59.